The molecule has 1 saturated carbocycles. The van der Waals surface area contributed by atoms with E-state index in [1.165, 1.54) is 0 Å². The second kappa shape index (κ2) is 4.64. The third-order valence-electron chi connectivity index (χ3n) is 4.22. The van der Waals surface area contributed by atoms with Crippen LogP contribution in [0.2, 0.25) is 0 Å². The Bertz CT molecular complexity index is 572. The van der Waals surface area contributed by atoms with Crippen LogP contribution in [0.15, 0.2) is 22.7 Å². The number of nitrogens with zero attached hydrogens (tertiary/aromatic N) is 1. The van der Waals surface area contributed by atoms with Crippen molar-refractivity contribution in [2.75, 3.05) is 0 Å². The average Bonchev–Trinajstić information content (AvgIpc) is 2.35. The molecule has 3 rings (SSSR count). The molecule has 1 aliphatic carbocycles. The molecule has 3 nitrogen and oxygen atoms in total. The minimum Gasteiger partial charge on any atom is -0.486 e. The second-order valence-corrected chi connectivity index (χ2v) is 6.19. The van der Waals surface area contributed by atoms with E-state index in [2.05, 4.69) is 22.0 Å². The molecule has 0 saturated heterocycles. The van der Waals surface area contributed by atoms with Crippen LogP contribution < -0.4 is 4.74 Å². The molecule has 1 atom stereocenters. The van der Waals surface area contributed by atoms with Crippen molar-refractivity contribution in [1.29, 1.82) is 5.26 Å². The molecule has 0 aromatic heterocycles. The van der Waals surface area contributed by atoms with E-state index in [1.807, 2.05) is 18.2 Å². The molecule has 1 unspecified atom stereocenters. The summed E-state index contributed by atoms with van der Waals surface area (Å²) in [5.74, 6) is 0.672. The molecule has 4 heteroatoms. The van der Waals surface area contributed by atoms with E-state index in [1.54, 1.807) is 0 Å². The maximum Gasteiger partial charge on any atom is 0.173 e. The maximum atomic E-state index is 12.6. The Morgan fingerprint density at radius 2 is 2.26 bits per heavy atom. The zero-order valence-corrected chi connectivity index (χ0v) is 12.1. The third kappa shape index (κ3) is 1.97. The van der Waals surface area contributed by atoms with Gasteiger partial charge in [-0.1, -0.05) is 15.9 Å². The Balaban J connectivity index is 2.00. The Morgan fingerprint density at radius 3 is 2.89 bits per heavy atom. The summed E-state index contributed by atoms with van der Waals surface area (Å²) in [5.41, 5.74) is 0.311. The van der Waals surface area contributed by atoms with Crippen LogP contribution in [0.4, 0.5) is 0 Å². The number of Topliss-reactive ketones (excluding diaryl/α,β-unsaturated/α-hetero) is 1. The summed E-state index contributed by atoms with van der Waals surface area (Å²) in [6, 6.07) is 7.68. The highest BCUT2D eigenvalue weighted by Gasteiger charge is 2.52. The lowest BCUT2D eigenvalue weighted by molar-refractivity contribution is -0.0585. The van der Waals surface area contributed by atoms with Crippen LogP contribution in [0.5, 0.6) is 5.75 Å². The number of ketones is 1. The standard InChI is InChI=1S/C15H14BrNO2/c16-10-4-5-11-13(9-10)19-15(6-2-7-15)12(14(11)18)3-1-8-17/h4-5,9,12H,1-3,6-7H2. The summed E-state index contributed by atoms with van der Waals surface area (Å²) in [7, 11) is 0. The highest BCUT2D eigenvalue weighted by molar-refractivity contribution is 9.10. The Labute approximate surface area is 120 Å². The van der Waals surface area contributed by atoms with Crippen molar-refractivity contribution in [3.63, 3.8) is 0 Å². The number of fused-ring (bicyclic) bond motifs is 1. The number of carbonyl (C=O) groups excluding carboxylic acids is 1. The molecule has 1 aromatic carbocycles. The van der Waals surface area contributed by atoms with Gasteiger partial charge < -0.3 is 4.74 Å². The van der Waals surface area contributed by atoms with E-state index in [0.717, 1.165) is 23.7 Å². The van der Waals surface area contributed by atoms with Crippen molar-refractivity contribution in [3.8, 4) is 11.8 Å². The van der Waals surface area contributed by atoms with Crippen molar-refractivity contribution < 1.29 is 9.53 Å². The summed E-state index contributed by atoms with van der Waals surface area (Å²) in [4.78, 5) is 12.6. The van der Waals surface area contributed by atoms with Gasteiger partial charge in [-0.15, -0.1) is 0 Å². The zero-order chi connectivity index (χ0) is 13.5. The first-order valence-electron chi connectivity index (χ1n) is 6.56. The van der Waals surface area contributed by atoms with E-state index in [4.69, 9.17) is 10.00 Å². The molecule has 0 N–H and O–H groups in total. The van der Waals surface area contributed by atoms with E-state index in [0.29, 0.717) is 24.2 Å². The van der Waals surface area contributed by atoms with Crippen molar-refractivity contribution >= 4 is 21.7 Å². The fourth-order valence-corrected chi connectivity index (χ4v) is 3.42. The van der Waals surface area contributed by atoms with Crippen molar-refractivity contribution in [1.82, 2.24) is 0 Å². The molecule has 98 valence electrons. The van der Waals surface area contributed by atoms with Gasteiger partial charge in [-0.05, 0) is 43.9 Å². The largest absolute Gasteiger partial charge is 0.486 e. The molecule has 0 bridgehead atoms. The quantitative estimate of drug-likeness (QED) is 0.831. The van der Waals surface area contributed by atoms with Crippen LogP contribution in [0.3, 0.4) is 0 Å². The molecule has 1 aliphatic heterocycles. The Morgan fingerprint density at radius 1 is 1.47 bits per heavy atom. The molecule has 2 aliphatic rings. The molecular weight excluding hydrogens is 306 g/mol. The molecule has 1 fully saturated rings. The summed E-state index contributed by atoms with van der Waals surface area (Å²) in [5, 5.41) is 8.77. The van der Waals surface area contributed by atoms with Crippen LogP contribution >= 0.6 is 15.9 Å². The van der Waals surface area contributed by atoms with E-state index in [9.17, 15) is 4.79 Å². The summed E-state index contributed by atoms with van der Waals surface area (Å²) < 4.78 is 7.08. The number of hydrogen-bond donors (Lipinski definition) is 0. The predicted molar refractivity (Wildman–Crippen MR) is 74.0 cm³/mol. The van der Waals surface area contributed by atoms with E-state index >= 15 is 0 Å². The number of rotatable bonds is 2. The van der Waals surface area contributed by atoms with Crippen molar-refractivity contribution in [2.24, 2.45) is 5.92 Å². The summed E-state index contributed by atoms with van der Waals surface area (Å²) >= 11 is 3.41. The van der Waals surface area contributed by atoms with Crippen LogP contribution in [0.25, 0.3) is 0 Å². The number of carbonyl (C=O) groups is 1. The first-order valence-corrected chi connectivity index (χ1v) is 7.35. The first kappa shape index (κ1) is 12.7. The fraction of sp³-hybridized carbons (Fsp3) is 0.467. The Kier molecular flexibility index (Phi) is 3.10. The lowest BCUT2D eigenvalue weighted by atomic mass is 9.65. The van der Waals surface area contributed by atoms with Gasteiger partial charge in [-0.25, -0.2) is 0 Å². The normalized spacial score (nSPS) is 23.2. The van der Waals surface area contributed by atoms with Crippen LogP contribution in [-0.2, 0) is 0 Å². The maximum absolute atomic E-state index is 12.6. The third-order valence-corrected chi connectivity index (χ3v) is 4.71. The van der Waals surface area contributed by atoms with Gasteiger partial charge in [0.1, 0.15) is 11.4 Å². The van der Waals surface area contributed by atoms with Gasteiger partial charge in [0.15, 0.2) is 5.78 Å². The van der Waals surface area contributed by atoms with Gasteiger partial charge in [0.05, 0.1) is 17.6 Å². The molecular formula is C15H14BrNO2. The van der Waals surface area contributed by atoms with E-state index < -0.39 is 0 Å². The molecule has 0 amide bonds. The monoisotopic (exact) mass is 319 g/mol. The van der Waals surface area contributed by atoms with Crippen LogP contribution in [0.1, 0.15) is 42.5 Å². The number of ether oxygens (including phenoxy) is 1. The topological polar surface area (TPSA) is 50.1 Å². The highest BCUT2D eigenvalue weighted by atomic mass is 79.9. The number of halogens is 1. The summed E-state index contributed by atoms with van der Waals surface area (Å²) in [6.45, 7) is 0. The van der Waals surface area contributed by atoms with Crippen LogP contribution in [-0.4, -0.2) is 11.4 Å². The van der Waals surface area contributed by atoms with Gasteiger partial charge in [-0.3, -0.25) is 4.79 Å². The van der Waals surface area contributed by atoms with Gasteiger partial charge in [0.25, 0.3) is 0 Å². The zero-order valence-electron chi connectivity index (χ0n) is 10.5. The van der Waals surface area contributed by atoms with Gasteiger partial charge in [0, 0.05) is 10.9 Å². The predicted octanol–water partition coefficient (Wildman–Crippen LogP) is 3.87. The minimum atomic E-state index is -0.346. The molecule has 1 heterocycles. The molecule has 19 heavy (non-hydrogen) atoms. The highest BCUT2D eigenvalue weighted by Crippen LogP contribution is 2.50. The lowest BCUT2D eigenvalue weighted by Gasteiger charge is -2.49. The minimum absolute atomic E-state index is 0.142. The lowest BCUT2D eigenvalue weighted by Crippen LogP contribution is -2.55. The van der Waals surface area contributed by atoms with Gasteiger partial charge >= 0.3 is 0 Å². The fourth-order valence-electron chi connectivity index (χ4n) is 3.08. The Hall–Kier alpha value is -1.34. The number of benzene rings is 1. The number of hydrogen-bond acceptors (Lipinski definition) is 3. The molecule has 0 radical (unpaired) electrons. The summed E-state index contributed by atoms with van der Waals surface area (Å²) in [6.07, 6.45) is 3.94. The van der Waals surface area contributed by atoms with Gasteiger partial charge in [-0.2, -0.15) is 5.26 Å². The smallest absolute Gasteiger partial charge is 0.173 e. The van der Waals surface area contributed by atoms with E-state index in [-0.39, 0.29) is 17.3 Å². The van der Waals surface area contributed by atoms with Crippen molar-refractivity contribution in [3.05, 3.63) is 28.2 Å². The SMILES string of the molecule is N#CCCC1C(=O)c2ccc(Br)cc2OC12CCC2. The molecule has 1 aromatic rings. The van der Waals surface area contributed by atoms with Gasteiger partial charge in [0.2, 0.25) is 0 Å². The average molecular weight is 320 g/mol. The van der Waals surface area contributed by atoms with Crippen LogP contribution in [0, 0.1) is 17.2 Å². The first-order chi connectivity index (χ1) is 9.16. The molecule has 1 spiro atoms. The van der Waals surface area contributed by atoms with Crippen molar-refractivity contribution in [2.45, 2.75) is 37.7 Å². The second-order valence-electron chi connectivity index (χ2n) is 5.27. The number of nitriles is 1.